The molecule has 20 heavy (non-hydrogen) atoms. The van der Waals surface area contributed by atoms with Gasteiger partial charge in [-0.2, -0.15) is 0 Å². The summed E-state index contributed by atoms with van der Waals surface area (Å²) in [4.78, 5) is 24.4. The summed E-state index contributed by atoms with van der Waals surface area (Å²) in [5.41, 5.74) is 0.734. The number of benzene rings is 1. The quantitative estimate of drug-likeness (QED) is 0.896. The number of morpholine rings is 1. The van der Waals surface area contributed by atoms with Crippen molar-refractivity contribution in [2.45, 2.75) is 18.9 Å². The largest absolute Gasteiger partial charge is 0.481 e. The molecular weight excluding hydrogens is 265 g/mol. The second kappa shape index (κ2) is 6.47. The van der Waals surface area contributed by atoms with Crippen LogP contribution in [0.15, 0.2) is 24.3 Å². The first-order chi connectivity index (χ1) is 9.54. The van der Waals surface area contributed by atoms with Gasteiger partial charge in [0.1, 0.15) is 5.82 Å². The first-order valence-electron chi connectivity index (χ1n) is 6.40. The number of aliphatic carboxylic acids is 1. The van der Waals surface area contributed by atoms with Gasteiger partial charge in [-0.1, -0.05) is 12.1 Å². The molecule has 1 unspecified atom stereocenters. The zero-order valence-electron chi connectivity index (χ0n) is 10.9. The maximum Gasteiger partial charge on any atom is 0.306 e. The fourth-order valence-corrected chi connectivity index (χ4v) is 2.15. The summed E-state index contributed by atoms with van der Waals surface area (Å²) in [6.07, 6.45) is -0.390. The third kappa shape index (κ3) is 4.03. The van der Waals surface area contributed by atoms with Crippen LogP contribution in [0.2, 0.25) is 0 Å². The van der Waals surface area contributed by atoms with Crippen molar-refractivity contribution >= 4 is 11.9 Å². The van der Waals surface area contributed by atoms with Crippen LogP contribution in [0.5, 0.6) is 0 Å². The van der Waals surface area contributed by atoms with Crippen LogP contribution in [-0.4, -0.2) is 47.7 Å². The minimum atomic E-state index is -0.942. The van der Waals surface area contributed by atoms with E-state index in [1.165, 1.54) is 12.1 Å². The highest BCUT2D eigenvalue weighted by molar-refractivity contribution is 5.79. The molecule has 1 aromatic carbocycles. The molecule has 6 heteroatoms. The number of hydrogen-bond acceptors (Lipinski definition) is 3. The molecule has 1 aliphatic rings. The van der Waals surface area contributed by atoms with Crippen molar-refractivity contribution in [2.75, 3.05) is 19.7 Å². The number of carboxylic acids is 1. The summed E-state index contributed by atoms with van der Waals surface area (Å²) in [6.45, 7) is 1.08. The van der Waals surface area contributed by atoms with Crippen molar-refractivity contribution in [3.63, 3.8) is 0 Å². The number of halogens is 1. The van der Waals surface area contributed by atoms with Crippen molar-refractivity contribution in [3.05, 3.63) is 35.6 Å². The van der Waals surface area contributed by atoms with Gasteiger partial charge in [-0.05, 0) is 17.7 Å². The fraction of sp³-hybridized carbons (Fsp3) is 0.429. The lowest BCUT2D eigenvalue weighted by atomic mass is 10.1. The fourth-order valence-electron chi connectivity index (χ4n) is 2.15. The number of hydrogen-bond donors (Lipinski definition) is 1. The van der Waals surface area contributed by atoms with Crippen molar-refractivity contribution < 1.29 is 23.8 Å². The normalized spacial score (nSPS) is 18.9. The minimum Gasteiger partial charge on any atom is -0.481 e. The Hall–Kier alpha value is -1.95. The van der Waals surface area contributed by atoms with E-state index in [0.717, 1.165) is 5.56 Å². The zero-order chi connectivity index (χ0) is 14.5. The monoisotopic (exact) mass is 281 g/mol. The maximum absolute atomic E-state index is 12.8. The van der Waals surface area contributed by atoms with Crippen LogP contribution in [0.3, 0.4) is 0 Å². The summed E-state index contributed by atoms with van der Waals surface area (Å²) < 4.78 is 18.1. The summed E-state index contributed by atoms with van der Waals surface area (Å²) in [7, 11) is 0. The van der Waals surface area contributed by atoms with Gasteiger partial charge in [0.25, 0.3) is 0 Å². The lowest BCUT2D eigenvalue weighted by molar-refractivity contribution is -0.147. The van der Waals surface area contributed by atoms with Crippen molar-refractivity contribution in [3.8, 4) is 0 Å². The number of rotatable bonds is 4. The second-order valence-electron chi connectivity index (χ2n) is 4.73. The number of amides is 1. The van der Waals surface area contributed by atoms with Gasteiger partial charge >= 0.3 is 5.97 Å². The van der Waals surface area contributed by atoms with Crippen LogP contribution in [0.1, 0.15) is 12.0 Å². The Kier molecular flexibility index (Phi) is 4.68. The molecule has 1 N–H and O–H groups in total. The zero-order valence-corrected chi connectivity index (χ0v) is 10.9. The van der Waals surface area contributed by atoms with Crippen LogP contribution < -0.4 is 0 Å². The molecule has 0 saturated carbocycles. The minimum absolute atomic E-state index is 0.102. The lowest BCUT2D eigenvalue weighted by Crippen LogP contribution is -2.46. The number of nitrogens with zero attached hydrogens (tertiary/aromatic N) is 1. The molecule has 2 rings (SSSR count). The van der Waals surface area contributed by atoms with Gasteiger partial charge < -0.3 is 14.7 Å². The Labute approximate surface area is 116 Å². The molecule has 5 nitrogen and oxygen atoms in total. The highest BCUT2D eigenvalue weighted by atomic mass is 19.1. The SMILES string of the molecule is O=C(O)CC1CN(C(=O)Cc2ccc(F)cc2)CCO1. The standard InChI is InChI=1S/C14H16FNO4/c15-11-3-1-10(2-4-11)7-13(17)16-5-6-20-12(9-16)8-14(18)19/h1-4,12H,5-9H2,(H,18,19). The molecule has 1 fully saturated rings. The highest BCUT2D eigenvalue weighted by Gasteiger charge is 2.25. The van der Waals surface area contributed by atoms with Gasteiger partial charge in [-0.15, -0.1) is 0 Å². The molecule has 108 valence electrons. The average molecular weight is 281 g/mol. The lowest BCUT2D eigenvalue weighted by Gasteiger charge is -2.32. The molecule has 1 aromatic rings. The molecule has 0 radical (unpaired) electrons. The number of ether oxygens (including phenoxy) is 1. The molecule has 1 saturated heterocycles. The van der Waals surface area contributed by atoms with Gasteiger partial charge in [-0.3, -0.25) is 9.59 Å². The molecule has 1 amide bonds. The van der Waals surface area contributed by atoms with Gasteiger partial charge in [0.2, 0.25) is 5.91 Å². The summed E-state index contributed by atoms with van der Waals surface area (Å²) >= 11 is 0. The van der Waals surface area contributed by atoms with E-state index in [1.54, 1.807) is 17.0 Å². The Balaban J connectivity index is 1.91. The van der Waals surface area contributed by atoms with Crippen LogP contribution in [0, 0.1) is 5.82 Å². The molecular formula is C14H16FNO4. The number of carbonyl (C=O) groups excluding carboxylic acids is 1. The average Bonchev–Trinajstić information content (AvgIpc) is 2.41. The van der Waals surface area contributed by atoms with E-state index in [2.05, 4.69) is 0 Å². The van der Waals surface area contributed by atoms with E-state index >= 15 is 0 Å². The van der Waals surface area contributed by atoms with Crippen LogP contribution in [-0.2, 0) is 20.7 Å². The smallest absolute Gasteiger partial charge is 0.306 e. The topological polar surface area (TPSA) is 66.8 Å². The number of carboxylic acid groups (broad SMARTS) is 1. The van der Waals surface area contributed by atoms with Crippen molar-refractivity contribution in [1.29, 1.82) is 0 Å². The van der Waals surface area contributed by atoms with Crippen LogP contribution >= 0.6 is 0 Å². The van der Waals surface area contributed by atoms with Gasteiger partial charge in [0.15, 0.2) is 0 Å². The molecule has 1 atom stereocenters. The molecule has 0 bridgehead atoms. The molecule has 1 aliphatic heterocycles. The van der Waals surface area contributed by atoms with Gasteiger partial charge in [0, 0.05) is 13.1 Å². The Bertz CT molecular complexity index is 488. The summed E-state index contributed by atoms with van der Waals surface area (Å²) in [5, 5.41) is 8.73. The highest BCUT2D eigenvalue weighted by Crippen LogP contribution is 2.11. The van der Waals surface area contributed by atoms with Gasteiger partial charge in [0.05, 0.1) is 25.6 Å². The maximum atomic E-state index is 12.8. The van der Waals surface area contributed by atoms with E-state index < -0.39 is 12.1 Å². The van der Waals surface area contributed by atoms with Crippen LogP contribution in [0.4, 0.5) is 4.39 Å². The van der Waals surface area contributed by atoms with E-state index in [9.17, 15) is 14.0 Å². The van der Waals surface area contributed by atoms with E-state index in [0.29, 0.717) is 13.2 Å². The molecule has 0 aromatic heterocycles. The Morgan fingerprint density at radius 2 is 2.05 bits per heavy atom. The third-order valence-corrected chi connectivity index (χ3v) is 3.16. The Morgan fingerprint density at radius 1 is 1.35 bits per heavy atom. The summed E-state index contributed by atoms with van der Waals surface area (Å²) in [5.74, 6) is -1.38. The predicted octanol–water partition coefficient (Wildman–Crippen LogP) is 1.07. The van der Waals surface area contributed by atoms with Crippen molar-refractivity contribution in [1.82, 2.24) is 4.90 Å². The first-order valence-corrected chi connectivity index (χ1v) is 6.40. The third-order valence-electron chi connectivity index (χ3n) is 3.16. The van der Waals surface area contributed by atoms with Gasteiger partial charge in [-0.25, -0.2) is 4.39 Å². The molecule has 0 aliphatic carbocycles. The van der Waals surface area contributed by atoms with E-state index in [-0.39, 0.29) is 31.1 Å². The molecule has 0 spiro atoms. The molecule has 1 heterocycles. The number of carbonyl (C=O) groups is 2. The summed E-state index contributed by atoms with van der Waals surface area (Å²) in [6, 6.07) is 5.77. The Morgan fingerprint density at radius 3 is 2.70 bits per heavy atom. The first kappa shape index (κ1) is 14.5. The van der Waals surface area contributed by atoms with E-state index in [4.69, 9.17) is 9.84 Å². The second-order valence-corrected chi connectivity index (χ2v) is 4.73. The van der Waals surface area contributed by atoms with Crippen molar-refractivity contribution in [2.24, 2.45) is 0 Å². The predicted molar refractivity (Wildman–Crippen MR) is 68.7 cm³/mol. The van der Waals surface area contributed by atoms with E-state index in [1.807, 2.05) is 0 Å². The van der Waals surface area contributed by atoms with Crippen LogP contribution in [0.25, 0.3) is 0 Å².